The summed E-state index contributed by atoms with van der Waals surface area (Å²) in [5, 5.41) is 6.70. The van der Waals surface area contributed by atoms with E-state index in [1.807, 2.05) is 30.3 Å². The number of nitrogens with zero attached hydrogens (tertiary/aromatic N) is 2. The highest BCUT2D eigenvalue weighted by molar-refractivity contribution is 14.0. The molecule has 1 aromatic rings. The molecule has 7 heteroatoms. The lowest BCUT2D eigenvalue weighted by Gasteiger charge is -2.21. The highest BCUT2D eigenvalue weighted by atomic mass is 127. The Labute approximate surface area is 185 Å². The van der Waals surface area contributed by atoms with Crippen molar-refractivity contribution in [2.24, 2.45) is 4.99 Å². The van der Waals surface area contributed by atoms with Crippen LogP contribution in [0.25, 0.3) is 0 Å². The standard InChI is InChI=1S/C20H36N4OS.HI/c1-5-24(6-2)15-10-11-18(3)23-20(21-4)22-14-16-26(25)17-19-12-8-7-9-13-19;/h7-9,12-13,18H,5-6,10-11,14-17H2,1-4H3,(H2,21,22,23);1H. The lowest BCUT2D eigenvalue weighted by molar-refractivity contribution is 0.292. The normalized spacial score (nSPS) is 13.7. The Bertz CT molecular complexity index is 538. The summed E-state index contributed by atoms with van der Waals surface area (Å²) in [6.45, 7) is 10.6. The van der Waals surface area contributed by atoms with Crippen LogP contribution in [0.1, 0.15) is 39.2 Å². The van der Waals surface area contributed by atoms with Gasteiger partial charge in [0, 0.05) is 41.9 Å². The molecule has 0 aliphatic carbocycles. The van der Waals surface area contributed by atoms with Crippen LogP contribution in [-0.4, -0.2) is 60.1 Å². The Morgan fingerprint density at radius 1 is 1.22 bits per heavy atom. The van der Waals surface area contributed by atoms with Gasteiger partial charge in [0.25, 0.3) is 0 Å². The van der Waals surface area contributed by atoms with Crippen molar-refractivity contribution in [1.82, 2.24) is 15.5 Å². The van der Waals surface area contributed by atoms with E-state index in [2.05, 4.69) is 41.3 Å². The second kappa shape index (κ2) is 16.3. The predicted octanol–water partition coefficient (Wildman–Crippen LogP) is 3.23. The molecule has 0 radical (unpaired) electrons. The average molecular weight is 509 g/mol. The largest absolute Gasteiger partial charge is 0.355 e. The van der Waals surface area contributed by atoms with Crippen molar-refractivity contribution >= 4 is 40.7 Å². The Morgan fingerprint density at radius 3 is 2.48 bits per heavy atom. The van der Waals surface area contributed by atoms with E-state index in [0.29, 0.717) is 24.1 Å². The van der Waals surface area contributed by atoms with Gasteiger partial charge in [0.2, 0.25) is 0 Å². The number of rotatable bonds is 12. The van der Waals surface area contributed by atoms with Gasteiger partial charge in [-0.25, -0.2) is 0 Å². The van der Waals surface area contributed by atoms with E-state index in [-0.39, 0.29) is 24.0 Å². The Balaban J connectivity index is 0.00000676. The summed E-state index contributed by atoms with van der Waals surface area (Å²) in [5.41, 5.74) is 1.12. The molecule has 2 atom stereocenters. The second-order valence-corrected chi connectivity index (χ2v) is 8.06. The molecule has 5 nitrogen and oxygen atoms in total. The van der Waals surface area contributed by atoms with Crippen molar-refractivity contribution in [3.05, 3.63) is 35.9 Å². The van der Waals surface area contributed by atoms with Crippen LogP contribution in [0, 0.1) is 0 Å². The third kappa shape index (κ3) is 12.4. The first kappa shape index (κ1) is 26.3. The molecule has 0 saturated heterocycles. The minimum atomic E-state index is -0.865. The summed E-state index contributed by atoms with van der Waals surface area (Å²) in [7, 11) is 0.911. The first-order valence-corrected chi connectivity index (χ1v) is 11.2. The molecule has 0 saturated carbocycles. The molecule has 1 aromatic carbocycles. The van der Waals surface area contributed by atoms with E-state index in [0.717, 1.165) is 37.6 Å². The molecule has 0 bridgehead atoms. The molecule has 0 fully saturated rings. The van der Waals surface area contributed by atoms with Crippen molar-refractivity contribution in [3.8, 4) is 0 Å². The van der Waals surface area contributed by atoms with Gasteiger partial charge in [-0.05, 0) is 45.0 Å². The Hall–Kier alpha value is -0.670. The summed E-state index contributed by atoms with van der Waals surface area (Å²) >= 11 is 0. The Morgan fingerprint density at radius 2 is 1.89 bits per heavy atom. The van der Waals surface area contributed by atoms with Gasteiger partial charge in [-0.1, -0.05) is 44.2 Å². The van der Waals surface area contributed by atoms with Gasteiger partial charge < -0.3 is 15.5 Å². The van der Waals surface area contributed by atoms with E-state index in [9.17, 15) is 4.21 Å². The molecule has 0 heterocycles. The molecule has 2 unspecified atom stereocenters. The number of hydrogen-bond acceptors (Lipinski definition) is 3. The van der Waals surface area contributed by atoms with Crippen LogP contribution in [-0.2, 0) is 16.6 Å². The monoisotopic (exact) mass is 508 g/mol. The van der Waals surface area contributed by atoms with Gasteiger partial charge >= 0.3 is 0 Å². The minimum Gasteiger partial charge on any atom is -0.355 e. The van der Waals surface area contributed by atoms with Crippen LogP contribution < -0.4 is 10.6 Å². The summed E-state index contributed by atoms with van der Waals surface area (Å²) in [4.78, 5) is 6.72. The molecule has 27 heavy (non-hydrogen) atoms. The average Bonchev–Trinajstić information content (AvgIpc) is 2.65. The number of hydrogen-bond donors (Lipinski definition) is 2. The first-order valence-electron chi connectivity index (χ1n) is 9.67. The van der Waals surface area contributed by atoms with Gasteiger partial charge in [0.15, 0.2) is 5.96 Å². The van der Waals surface area contributed by atoms with Crippen molar-refractivity contribution in [1.29, 1.82) is 0 Å². The van der Waals surface area contributed by atoms with Gasteiger partial charge in [0.05, 0.1) is 0 Å². The first-order chi connectivity index (χ1) is 12.6. The molecular weight excluding hydrogens is 471 g/mol. The zero-order chi connectivity index (χ0) is 19.2. The molecule has 0 spiro atoms. The van der Waals surface area contributed by atoms with E-state index in [4.69, 9.17) is 0 Å². The number of aliphatic imine (C=N–C) groups is 1. The summed E-state index contributed by atoms with van der Waals surface area (Å²) in [6.07, 6.45) is 2.28. The van der Waals surface area contributed by atoms with Crippen LogP contribution in [0.5, 0.6) is 0 Å². The SMILES string of the molecule is CCN(CC)CCCC(C)NC(=NC)NCCS(=O)Cc1ccccc1.I. The van der Waals surface area contributed by atoms with Crippen LogP contribution >= 0.6 is 24.0 Å². The van der Waals surface area contributed by atoms with E-state index in [1.54, 1.807) is 7.05 Å². The van der Waals surface area contributed by atoms with Crippen molar-refractivity contribution in [2.75, 3.05) is 39.0 Å². The highest BCUT2D eigenvalue weighted by Crippen LogP contribution is 2.02. The van der Waals surface area contributed by atoms with Crippen LogP contribution in [0.4, 0.5) is 0 Å². The fourth-order valence-electron chi connectivity index (χ4n) is 2.78. The summed E-state index contributed by atoms with van der Waals surface area (Å²) < 4.78 is 12.2. The third-order valence-corrected chi connectivity index (χ3v) is 5.72. The number of benzene rings is 1. The minimum absolute atomic E-state index is 0. The van der Waals surface area contributed by atoms with Crippen molar-refractivity contribution < 1.29 is 4.21 Å². The van der Waals surface area contributed by atoms with Crippen LogP contribution in [0.15, 0.2) is 35.3 Å². The molecule has 0 aliphatic rings. The highest BCUT2D eigenvalue weighted by Gasteiger charge is 2.07. The molecule has 156 valence electrons. The zero-order valence-corrected chi connectivity index (χ0v) is 20.4. The second-order valence-electron chi connectivity index (χ2n) is 6.49. The fraction of sp³-hybridized carbons (Fsp3) is 0.650. The molecule has 1 rings (SSSR count). The van der Waals surface area contributed by atoms with E-state index < -0.39 is 10.8 Å². The third-order valence-electron chi connectivity index (χ3n) is 4.41. The maximum Gasteiger partial charge on any atom is 0.191 e. The zero-order valence-electron chi connectivity index (χ0n) is 17.2. The quantitative estimate of drug-likeness (QED) is 0.259. The van der Waals surface area contributed by atoms with Crippen molar-refractivity contribution in [2.45, 2.75) is 45.4 Å². The van der Waals surface area contributed by atoms with E-state index in [1.165, 1.54) is 6.42 Å². The lowest BCUT2D eigenvalue weighted by Crippen LogP contribution is -2.43. The Kier molecular flexibility index (Phi) is 15.9. The smallest absolute Gasteiger partial charge is 0.191 e. The molecule has 0 aromatic heterocycles. The molecular formula is C20H37IN4OS. The molecule has 2 N–H and O–H groups in total. The molecule has 0 aliphatic heterocycles. The number of halogens is 1. The molecule has 0 amide bonds. The maximum atomic E-state index is 12.2. The van der Waals surface area contributed by atoms with Gasteiger partial charge in [-0.15, -0.1) is 24.0 Å². The van der Waals surface area contributed by atoms with E-state index >= 15 is 0 Å². The number of guanidine groups is 1. The van der Waals surface area contributed by atoms with Gasteiger partial charge in [0.1, 0.15) is 0 Å². The number of nitrogens with one attached hydrogen (secondary N) is 2. The maximum absolute atomic E-state index is 12.2. The van der Waals surface area contributed by atoms with Gasteiger partial charge in [-0.3, -0.25) is 9.20 Å². The lowest BCUT2D eigenvalue weighted by atomic mass is 10.2. The summed E-state index contributed by atoms with van der Waals surface area (Å²) in [6, 6.07) is 10.4. The predicted molar refractivity (Wildman–Crippen MR) is 130 cm³/mol. The van der Waals surface area contributed by atoms with Crippen LogP contribution in [0.3, 0.4) is 0 Å². The van der Waals surface area contributed by atoms with Crippen LogP contribution in [0.2, 0.25) is 0 Å². The topological polar surface area (TPSA) is 56.7 Å². The fourth-order valence-corrected chi connectivity index (χ4v) is 3.81. The van der Waals surface area contributed by atoms with Crippen molar-refractivity contribution in [3.63, 3.8) is 0 Å². The van der Waals surface area contributed by atoms with Gasteiger partial charge in [-0.2, -0.15) is 0 Å². The summed E-state index contributed by atoms with van der Waals surface area (Å²) in [5.74, 6) is 2.01.